The maximum Gasteiger partial charge on any atom is 0.381 e. The van der Waals surface area contributed by atoms with Crippen molar-refractivity contribution in [3.8, 4) is 11.8 Å². The van der Waals surface area contributed by atoms with E-state index in [4.69, 9.17) is 5.11 Å². The van der Waals surface area contributed by atoms with Crippen LogP contribution in [-0.4, -0.2) is 11.1 Å². The van der Waals surface area contributed by atoms with Gasteiger partial charge in [0.05, 0.1) is 0 Å². The normalized spacial score (nSPS) is 7.12. The molecule has 0 spiro atoms. The van der Waals surface area contributed by atoms with Crippen molar-refractivity contribution in [2.24, 2.45) is 0 Å². The van der Waals surface area contributed by atoms with E-state index in [1.165, 1.54) is 0 Å². The summed E-state index contributed by atoms with van der Waals surface area (Å²) in [4.78, 5) is 9.70. The quantitative estimate of drug-likeness (QED) is 0.511. The van der Waals surface area contributed by atoms with Crippen LogP contribution in [-0.2, 0) is 4.79 Å². The van der Waals surface area contributed by atoms with Crippen LogP contribution in [0.2, 0.25) is 0 Å². The first-order chi connectivity index (χ1) is 3.77. The molecule has 2 heteroatoms. The molecular weight excluding hydrogens is 104 g/mol. The van der Waals surface area contributed by atoms with Crippen LogP contribution in [0.1, 0.15) is 19.8 Å². The second-order valence-electron chi connectivity index (χ2n) is 1.36. The fourth-order valence-electron chi connectivity index (χ4n) is 0.263. The van der Waals surface area contributed by atoms with Crippen molar-refractivity contribution < 1.29 is 9.90 Å². The summed E-state index contributed by atoms with van der Waals surface area (Å²) in [7, 11) is 0. The van der Waals surface area contributed by atoms with Crippen molar-refractivity contribution in [1.82, 2.24) is 0 Å². The highest BCUT2D eigenvalue weighted by atomic mass is 16.4. The Kier molecular flexibility index (Phi) is 3.69. The molecule has 0 atom stereocenters. The molecule has 0 fully saturated rings. The molecule has 0 heterocycles. The summed E-state index contributed by atoms with van der Waals surface area (Å²) < 4.78 is 0. The molecule has 0 radical (unpaired) electrons. The lowest BCUT2D eigenvalue weighted by molar-refractivity contribution is -0.130. The molecule has 0 unspecified atom stereocenters. The fraction of sp³-hybridized carbons (Fsp3) is 0.500. The monoisotopic (exact) mass is 112 g/mol. The van der Waals surface area contributed by atoms with Crippen LogP contribution in [0.25, 0.3) is 0 Å². The number of hydrogen-bond donors (Lipinski definition) is 1. The Morgan fingerprint density at radius 2 is 2.38 bits per heavy atom. The van der Waals surface area contributed by atoms with Crippen LogP contribution in [0.15, 0.2) is 0 Å². The number of carbonyl (C=O) groups is 1. The van der Waals surface area contributed by atoms with Crippen LogP contribution >= 0.6 is 0 Å². The van der Waals surface area contributed by atoms with E-state index in [1.807, 2.05) is 12.8 Å². The number of unbranched alkanes of at least 4 members (excludes halogenated alkanes) is 1. The average molecular weight is 112 g/mol. The van der Waals surface area contributed by atoms with Gasteiger partial charge in [0.1, 0.15) is 0 Å². The molecule has 0 aromatic carbocycles. The van der Waals surface area contributed by atoms with Gasteiger partial charge in [-0.1, -0.05) is 12.8 Å². The fourth-order valence-corrected chi connectivity index (χ4v) is 0.263. The van der Waals surface area contributed by atoms with Gasteiger partial charge in [0.25, 0.3) is 0 Å². The van der Waals surface area contributed by atoms with E-state index in [2.05, 4.69) is 5.92 Å². The molecule has 0 bridgehead atoms. The molecule has 0 aliphatic rings. The van der Waals surface area contributed by atoms with E-state index in [0.717, 1.165) is 6.42 Å². The molecule has 44 valence electrons. The molecule has 8 heavy (non-hydrogen) atoms. The maximum absolute atomic E-state index is 9.70. The summed E-state index contributed by atoms with van der Waals surface area (Å²) in [6.07, 6.45) is 1.59. The van der Waals surface area contributed by atoms with Crippen LogP contribution in [0.4, 0.5) is 0 Å². The highest BCUT2D eigenvalue weighted by molar-refractivity contribution is 5.86. The number of hydrogen-bond acceptors (Lipinski definition) is 1. The molecule has 0 amide bonds. The molecule has 0 aliphatic heterocycles. The Labute approximate surface area is 48.5 Å². The summed E-state index contributed by atoms with van der Waals surface area (Å²) in [5, 5.41) is 7.97. The van der Waals surface area contributed by atoms with Crippen molar-refractivity contribution in [1.29, 1.82) is 0 Å². The van der Waals surface area contributed by atoms with Crippen LogP contribution in [0, 0.1) is 11.8 Å². The summed E-state index contributed by atoms with van der Waals surface area (Å²) in [6, 6.07) is 0. The Balaban J connectivity index is 3.35. The van der Waals surface area contributed by atoms with E-state index in [0.29, 0.717) is 6.42 Å². The van der Waals surface area contributed by atoms with Gasteiger partial charge in [-0.25, -0.2) is 4.79 Å². The van der Waals surface area contributed by atoms with Crippen LogP contribution < -0.4 is 0 Å². The average Bonchev–Trinajstić information content (AvgIpc) is 1.66. The topological polar surface area (TPSA) is 37.3 Å². The first-order valence-electron chi connectivity index (χ1n) is 2.49. The highest BCUT2D eigenvalue weighted by Crippen LogP contribution is 1.79. The van der Waals surface area contributed by atoms with E-state index in [-0.39, 0.29) is 0 Å². The molecule has 0 saturated heterocycles. The Bertz CT molecular complexity index is 127. The van der Waals surface area contributed by atoms with Gasteiger partial charge in [0.15, 0.2) is 0 Å². The zero-order valence-corrected chi connectivity index (χ0v) is 4.77. The van der Waals surface area contributed by atoms with Crippen molar-refractivity contribution >= 4 is 5.97 Å². The number of aliphatic carboxylic acids is 1. The van der Waals surface area contributed by atoms with Gasteiger partial charge in [0.2, 0.25) is 0 Å². The molecule has 0 aromatic heterocycles. The lowest BCUT2D eigenvalue weighted by Crippen LogP contribution is -1.85. The summed E-state index contributed by atoms with van der Waals surface area (Å²) in [5.74, 6) is 3.45. The van der Waals surface area contributed by atoms with Crippen molar-refractivity contribution in [2.45, 2.75) is 19.8 Å². The van der Waals surface area contributed by atoms with Crippen LogP contribution in [0.5, 0.6) is 0 Å². The summed E-state index contributed by atoms with van der Waals surface area (Å²) in [5.41, 5.74) is 0. The second-order valence-corrected chi connectivity index (χ2v) is 1.36. The Morgan fingerprint density at radius 1 is 1.75 bits per heavy atom. The standard InChI is InChI=1S/C6H8O2/c1-2-3-4-5-6(7)8/h2-3H2,1H3,(H,7,8). The first-order valence-corrected chi connectivity index (χ1v) is 2.49. The van der Waals surface area contributed by atoms with Gasteiger partial charge in [-0.15, -0.1) is 0 Å². The first kappa shape index (κ1) is 7.03. The minimum absolute atomic E-state index is 0.673. The second kappa shape index (κ2) is 4.20. The number of rotatable bonds is 1. The highest BCUT2D eigenvalue weighted by Gasteiger charge is 1.79. The molecule has 0 aliphatic carbocycles. The summed E-state index contributed by atoms with van der Waals surface area (Å²) in [6.45, 7) is 1.95. The third-order valence-electron chi connectivity index (χ3n) is 0.570. The van der Waals surface area contributed by atoms with E-state index in [9.17, 15) is 4.79 Å². The molecule has 0 rings (SSSR count). The maximum atomic E-state index is 9.70. The van der Waals surface area contributed by atoms with Gasteiger partial charge in [-0.05, 0) is 6.42 Å². The van der Waals surface area contributed by atoms with E-state index in [1.54, 1.807) is 0 Å². The minimum atomic E-state index is -1.04. The minimum Gasteiger partial charge on any atom is -0.472 e. The smallest absolute Gasteiger partial charge is 0.381 e. The van der Waals surface area contributed by atoms with Crippen LogP contribution in [0.3, 0.4) is 0 Å². The number of carboxylic acid groups (broad SMARTS) is 1. The lowest BCUT2D eigenvalue weighted by atomic mass is 10.3. The largest absolute Gasteiger partial charge is 0.472 e. The predicted molar refractivity (Wildman–Crippen MR) is 30.3 cm³/mol. The van der Waals surface area contributed by atoms with E-state index < -0.39 is 5.97 Å². The van der Waals surface area contributed by atoms with Crippen molar-refractivity contribution in [3.05, 3.63) is 0 Å². The van der Waals surface area contributed by atoms with Gasteiger partial charge in [-0.2, -0.15) is 0 Å². The van der Waals surface area contributed by atoms with Crippen molar-refractivity contribution in [3.63, 3.8) is 0 Å². The zero-order valence-electron chi connectivity index (χ0n) is 4.77. The molecular formula is C6H8O2. The summed E-state index contributed by atoms with van der Waals surface area (Å²) >= 11 is 0. The van der Waals surface area contributed by atoms with Crippen molar-refractivity contribution in [2.75, 3.05) is 0 Å². The third kappa shape index (κ3) is 5.03. The van der Waals surface area contributed by atoms with E-state index >= 15 is 0 Å². The predicted octanol–water partition coefficient (Wildman–Crippen LogP) is 0.875. The van der Waals surface area contributed by atoms with Gasteiger partial charge in [0, 0.05) is 12.3 Å². The third-order valence-corrected chi connectivity index (χ3v) is 0.570. The van der Waals surface area contributed by atoms with Gasteiger partial charge >= 0.3 is 5.97 Å². The Morgan fingerprint density at radius 3 is 2.75 bits per heavy atom. The molecule has 1 N–H and O–H groups in total. The molecule has 2 nitrogen and oxygen atoms in total. The van der Waals surface area contributed by atoms with Gasteiger partial charge < -0.3 is 5.11 Å². The SMILES string of the molecule is CCCC#CC(=O)O. The zero-order chi connectivity index (χ0) is 6.41. The molecule has 0 aromatic rings. The lowest BCUT2D eigenvalue weighted by Gasteiger charge is -1.74. The Hall–Kier alpha value is -0.970. The van der Waals surface area contributed by atoms with Gasteiger partial charge in [-0.3, -0.25) is 0 Å². The molecule has 0 saturated carbocycles. The number of carboxylic acids is 1.